The van der Waals surface area contributed by atoms with E-state index in [2.05, 4.69) is 93.3 Å². The number of rotatable bonds is 6. The van der Waals surface area contributed by atoms with E-state index in [9.17, 15) is 0 Å². The predicted octanol–water partition coefficient (Wildman–Crippen LogP) is 4.83. The van der Waals surface area contributed by atoms with Crippen molar-refractivity contribution >= 4 is 0 Å². The van der Waals surface area contributed by atoms with Gasteiger partial charge in [0, 0.05) is 7.47 Å². The second-order valence-electron chi connectivity index (χ2n) is 6.54. The summed E-state index contributed by atoms with van der Waals surface area (Å²) in [4.78, 5) is 0. The lowest BCUT2D eigenvalue weighted by molar-refractivity contribution is 0.436. The lowest BCUT2D eigenvalue weighted by Crippen LogP contribution is -2.27. The van der Waals surface area contributed by atoms with Crippen molar-refractivity contribution in [3.63, 3.8) is 0 Å². The number of nitrogens with two attached hydrogens (primary N) is 1. The minimum Gasteiger partial charge on any atom is -0.333 e. The summed E-state index contributed by atoms with van der Waals surface area (Å²) < 4.78 is 0. The van der Waals surface area contributed by atoms with Crippen molar-refractivity contribution in [2.45, 2.75) is 45.6 Å². The molecule has 0 amide bonds. The lowest BCUT2D eigenvalue weighted by atomic mass is 9.79. The van der Waals surface area contributed by atoms with Crippen LogP contribution >= 0.6 is 0 Å². The summed E-state index contributed by atoms with van der Waals surface area (Å²) >= 11 is 0. The number of nitrogens with one attached hydrogen (secondary N) is 1. The van der Waals surface area contributed by atoms with Crippen molar-refractivity contribution in [2.24, 2.45) is 5.73 Å². The molecule has 2 nitrogen and oxygen atoms in total. The molecule has 0 aliphatic rings. The monoisotopic (exact) mass is 314 g/mol. The lowest BCUT2D eigenvalue weighted by Gasteiger charge is -2.28. The Morgan fingerprint density at radius 2 is 1.57 bits per heavy atom. The van der Waals surface area contributed by atoms with Crippen molar-refractivity contribution in [3.8, 4) is 0 Å². The molecule has 0 radical (unpaired) electrons. The molecule has 0 saturated heterocycles. The highest BCUT2D eigenvalue weighted by molar-refractivity contribution is 5.32. The van der Waals surface area contributed by atoms with Crippen LogP contribution in [0.5, 0.6) is 0 Å². The van der Waals surface area contributed by atoms with Crippen LogP contribution in [0, 0.1) is 6.92 Å². The Morgan fingerprint density at radius 3 is 2.17 bits per heavy atom. The van der Waals surface area contributed by atoms with E-state index in [1.54, 1.807) is 0 Å². The Bertz CT molecular complexity index is 567. The molecule has 2 heteroatoms. The molecular formula is C21H34N2. The number of hydrogen-bond donors (Lipinski definition) is 2. The third-order valence-corrected chi connectivity index (χ3v) is 4.37. The zero-order chi connectivity index (χ0) is 17.3. The molecule has 2 rings (SSSR count). The molecule has 0 saturated carbocycles. The fraction of sp³-hybridized carbons (Fsp3) is 0.429. The van der Waals surface area contributed by atoms with Crippen molar-refractivity contribution < 1.29 is 1.43 Å². The van der Waals surface area contributed by atoms with Gasteiger partial charge in [0.1, 0.15) is 0 Å². The third-order valence-electron chi connectivity index (χ3n) is 4.37. The highest BCUT2D eigenvalue weighted by atomic mass is 14.9. The maximum Gasteiger partial charge on any atom is 0.0291 e. The topological polar surface area (TPSA) is 38.0 Å². The van der Waals surface area contributed by atoms with Crippen molar-refractivity contribution in [2.75, 3.05) is 13.6 Å². The number of benzene rings is 2. The zero-order valence-corrected chi connectivity index (χ0v) is 15.3. The van der Waals surface area contributed by atoms with E-state index in [4.69, 9.17) is 0 Å². The molecule has 0 heterocycles. The van der Waals surface area contributed by atoms with Gasteiger partial charge in [-0.15, -0.1) is 0 Å². The summed E-state index contributed by atoms with van der Waals surface area (Å²) in [6.07, 6.45) is 1.13. The SMILES string of the molecule is CN.Cc1ccccc1C(C)(C)CCN[C@@H](C)c1ccccc1.[HH]. The standard InChI is InChI=1S/C20H27N.CH5N.H2/c1-16-10-8-9-13-19(16)20(3,4)14-15-21-17(2)18-11-6-5-7-12-18;1-2;/h5-13,17,21H,14-15H2,1-4H3;2H2,1H3;1H/t17-;;/m0../s1. The second kappa shape index (κ2) is 9.49. The summed E-state index contributed by atoms with van der Waals surface area (Å²) in [5.74, 6) is 0. The van der Waals surface area contributed by atoms with Crippen LogP contribution in [0.25, 0.3) is 0 Å². The summed E-state index contributed by atoms with van der Waals surface area (Å²) in [6.45, 7) is 10.1. The van der Waals surface area contributed by atoms with E-state index in [0.29, 0.717) is 6.04 Å². The van der Waals surface area contributed by atoms with Gasteiger partial charge in [0.25, 0.3) is 0 Å². The minimum absolute atomic E-state index is 0. The Balaban J connectivity index is 0.00000170. The second-order valence-corrected chi connectivity index (χ2v) is 6.54. The smallest absolute Gasteiger partial charge is 0.0291 e. The molecule has 2 aromatic rings. The van der Waals surface area contributed by atoms with Crippen LogP contribution in [0.4, 0.5) is 0 Å². The van der Waals surface area contributed by atoms with Gasteiger partial charge in [0.2, 0.25) is 0 Å². The highest BCUT2D eigenvalue weighted by Crippen LogP contribution is 2.29. The number of hydrogen-bond acceptors (Lipinski definition) is 2. The van der Waals surface area contributed by atoms with Crippen LogP contribution in [0.2, 0.25) is 0 Å². The maximum atomic E-state index is 4.50. The highest BCUT2D eigenvalue weighted by Gasteiger charge is 2.21. The first-order valence-corrected chi connectivity index (χ1v) is 8.43. The van der Waals surface area contributed by atoms with Gasteiger partial charge in [-0.25, -0.2) is 0 Å². The quantitative estimate of drug-likeness (QED) is 0.801. The normalized spacial score (nSPS) is 12.3. The van der Waals surface area contributed by atoms with Gasteiger partial charge in [-0.3, -0.25) is 0 Å². The molecule has 3 N–H and O–H groups in total. The Morgan fingerprint density at radius 1 is 1.00 bits per heavy atom. The third kappa shape index (κ3) is 5.81. The van der Waals surface area contributed by atoms with Gasteiger partial charge in [-0.1, -0.05) is 68.4 Å². The minimum atomic E-state index is 0. The van der Waals surface area contributed by atoms with Crippen molar-refractivity contribution in [1.29, 1.82) is 0 Å². The van der Waals surface area contributed by atoms with Crippen molar-refractivity contribution in [1.82, 2.24) is 5.32 Å². The van der Waals surface area contributed by atoms with Crippen LogP contribution in [-0.4, -0.2) is 13.6 Å². The summed E-state index contributed by atoms with van der Waals surface area (Å²) in [5.41, 5.74) is 8.90. The van der Waals surface area contributed by atoms with Gasteiger partial charge < -0.3 is 11.1 Å². The Hall–Kier alpha value is -1.64. The zero-order valence-electron chi connectivity index (χ0n) is 15.3. The van der Waals surface area contributed by atoms with E-state index < -0.39 is 0 Å². The molecule has 2 aromatic carbocycles. The van der Waals surface area contributed by atoms with E-state index in [1.807, 2.05) is 0 Å². The van der Waals surface area contributed by atoms with Gasteiger partial charge in [-0.05, 0) is 56.0 Å². The molecule has 0 unspecified atom stereocenters. The molecule has 0 aliphatic heterocycles. The van der Waals surface area contributed by atoms with E-state index in [-0.39, 0.29) is 6.84 Å². The average Bonchev–Trinajstić information content (AvgIpc) is 2.57. The van der Waals surface area contributed by atoms with Crippen molar-refractivity contribution in [3.05, 3.63) is 71.3 Å². The number of aryl methyl sites for hydroxylation is 1. The predicted molar refractivity (Wildman–Crippen MR) is 104 cm³/mol. The van der Waals surface area contributed by atoms with Gasteiger partial charge in [-0.2, -0.15) is 0 Å². The fourth-order valence-electron chi connectivity index (χ4n) is 2.93. The summed E-state index contributed by atoms with van der Waals surface area (Å²) in [5, 5.41) is 3.64. The summed E-state index contributed by atoms with van der Waals surface area (Å²) in [7, 11) is 1.50. The van der Waals surface area contributed by atoms with Crippen LogP contribution in [0.1, 0.15) is 51.4 Å². The molecule has 0 aromatic heterocycles. The van der Waals surface area contributed by atoms with Crippen LogP contribution in [-0.2, 0) is 5.41 Å². The van der Waals surface area contributed by atoms with Gasteiger partial charge in [0.15, 0.2) is 0 Å². The first kappa shape index (κ1) is 19.4. The van der Waals surface area contributed by atoms with Crippen LogP contribution in [0.15, 0.2) is 54.6 Å². The molecule has 0 aliphatic carbocycles. The summed E-state index contributed by atoms with van der Waals surface area (Å²) in [6, 6.07) is 19.8. The average molecular weight is 315 g/mol. The maximum absolute atomic E-state index is 4.50. The Kier molecular flexibility index (Phi) is 8.01. The molecule has 0 fully saturated rings. The first-order valence-electron chi connectivity index (χ1n) is 8.43. The van der Waals surface area contributed by atoms with Gasteiger partial charge >= 0.3 is 0 Å². The van der Waals surface area contributed by atoms with E-state index in [1.165, 1.54) is 23.7 Å². The van der Waals surface area contributed by atoms with E-state index in [0.717, 1.165) is 13.0 Å². The largest absolute Gasteiger partial charge is 0.333 e. The fourth-order valence-corrected chi connectivity index (χ4v) is 2.93. The van der Waals surface area contributed by atoms with Crippen LogP contribution < -0.4 is 11.1 Å². The Labute approximate surface area is 143 Å². The van der Waals surface area contributed by atoms with E-state index >= 15 is 0 Å². The molecule has 23 heavy (non-hydrogen) atoms. The first-order chi connectivity index (χ1) is 11.0. The molecular weight excluding hydrogens is 280 g/mol. The molecule has 1 atom stereocenters. The molecule has 128 valence electrons. The molecule has 0 spiro atoms. The van der Waals surface area contributed by atoms with Crippen LogP contribution in [0.3, 0.4) is 0 Å². The van der Waals surface area contributed by atoms with Gasteiger partial charge in [0.05, 0.1) is 0 Å². The molecule has 0 bridgehead atoms.